The highest BCUT2D eigenvalue weighted by Crippen LogP contribution is 2.13. The predicted molar refractivity (Wildman–Crippen MR) is 136 cm³/mol. The molecule has 0 unspecified atom stereocenters. The van der Waals surface area contributed by atoms with Crippen molar-refractivity contribution in [3.05, 3.63) is 35.9 Å². The average Bonchev–Trinajstić information content (AvgIpc) is 2.81. The van der Waals surface area contributed by atoms with Crippen LogP contribution >= 0.6 is 0 Å². The smallest absolute Gasteiger partial charge is 0.160 e. The second-order valence-corrected chi connectivity index (χ2v) is 9.18. The standard InChI is InChI=1S/C29H50O3/c1-2-3-4-5-6-7-8-9-10-11-12-13-14-15-16-20-24-31-25-23-29(30)27-32-26-28-21-18-17-19-22-28/h17-19,21-22H,2-16,20,23-27H2,1H3. The summed E-state index contributed by atoms with van der Waals surface area (Å²) >= 11 is 0. The second kappa shape index (κ2) is 23.0. The molecule has 3 heteroatoms. The summed E-state index contributed by atoms with van der Waals surface area (Å²) in [6.07, 6.45) is 22.5. The van der Waals surface area contributed by atoms with Crippen molar-refractivity contribution in [2.45, 2.75) is 123 Å². The van der Waals surface area contributed by atoms with Crippen LogP contribution in [0.1, 0.15) is 122 Å². The Labute approximate surface area is 198 Å². The Balaban J connectivity index is 1.71. The summed E-state index contributed by atoms with van der Waals surface area (Å²) in [6.45, 7) is 4.25. The quantitative estimate of drug-likeness (QED) is 0.149. The first kappa shape index (κ1) is 28.8. The molecule has 0 aliphatic rings. The summed E-state index contributed by atoms with van der Waals surface area (Å²) in [7, 11) is 0. The summed E-state index contributed by atoms with van der Waals surface area (Å²) in [4.78, 5) is 11.8. The van der Waals surface area contributed by atoms with E-state index in [0.29, 0.717) is 19.6 Å². The minimum absolute atomic E-state index is 0.118. The van der Waals surface area contributed by atoms with Gasteiger partial charge in [0.25, 0.3) is 0 Å². The van der Waals surface area contributed by atoms with Gasteiger partial charge in [-0.2, -0.15) is 0 Å². The Kier molecular flexibility index (Phi) is 20.7. The lowest BCUT2D eigenvalue weighted by Crippen LogP contribution is -2.11. The fourth-order valence-corrected chi connectivity index (χ4v) is 3.97. The normalized spacial score (nSPS) is 11.2. The molecule has 3 nitrogen and oxygen atoms in total. The van der Waals surface area contributed by atoms with Crippen molar-refractivity contribution in [2.75, 3.05) is 19.8 Å². The third-order valence-corrected chi connectivity index (χ3v) is 6.04. The number of carbonyl (C=O) groups excluding carboxylic acids is 1. The van der Waals surface area contributed by atoms with Gasteiger partial charge in [0, 0.05) is 13.0 Å². The minimum atomic E-state index is 0.118. The van der Waals surface area contributed by atoms with Gasteiger partial charge in [-0.15, -0.1) is 0 Å². The minimum Gasteiger partial charge on any atom is -0.381 e. The Hall–Kier alpha value is -1.19. The summed E-state index contributed by atoms with van der Waals surface area (Å²) in [6, 6.07) is 9.95. The maximum Gasteiger partial charge on any atom is 0.160 e. The van der Waals surface area contributed by atoms with Crippen LogP contribution in [0.15, 0.2) is 30.3 Å². The zero-order valence-corrected chi connectivity index (χ0v) is 21.0. The first-order valence-electron chi connectivity index (χ1n) is 13.5. The first-order valence-corrected chi connectivity index (χ1v) is 13.5. The molecule has 0 saturated carbocycles. The lowest BCUT2D eigenvalue weighted by Gasteiger charge is -2.06. The van der Waals surface area contributed by atoms with E-state index in [1.165, 1.54) is 96.3 Å². The van der Waals surface area contributed by atoms with Crippen LogP contribution in [0.3, 0.4) is 0 Å². The van der Waals surface area contributed by atoms with Gasteiger partial charge < -0.3 is 9.47 Å². The number of ether oxygens (including phenoxy) is 2. The number of carbonyl (C=O) groups is 1. The van der Waals surface area contributed by atoms with Crippen molar-refractivity contribution in [2.24, 2.45) is 0 Å². The number of hydrogen-bond donors (Lipinski definition) is 0. The molecule has 0 aliphatic heterocycles. The van der Waals surface area contributed by atoms with E-state index < -0.39 is 0 Å². The molecule has 1 aromatic rings. The van der Waals surface area contributed by atoms with E-state index in [2.05, 4.69) is 6.92 Å². The summed E-state index contributed by atoms with van der Waals surface area (Å²) in [5.41, 5.74) is 1.10. The van der Waals surface area contributed by atoms with Crippen molar-refractivity contribution >= 4 is 5.78 Å². The molecule has 0 bridgehead atoms. The third kappa shape index (κ3) is 19.5. The van der Waals surface area contributed by atoms with Crippen LogP contribution in [0.5, 0.6) is 0 Å². The Morgan fingerprint density at radius 3 is 1.66 bits per heavy atom. The van der Waals surface area contributed by atoms with Crippen molar-refractivity contribution in [1.29, 1.82) is 0 Å². The molecule has 32 heavy (non-hydrogen) atoms. The van der Waals surface area contributed by atoms with Crippen LogP contribution in [-0.4, -0.2) is 25.6 Å². The van der Waals surface area contributed by atoms with Gasteiger partial charge in [0.1, 0.15) is 6.61 Å². The van der Waals surface area contributed by atoms with E-state index in [1.807, 2.05) is 30.3 Å². The van der Waals surface area contributed by atoms with Gasteiger partial charge in [0.05, 0.1) is 13.2 Å². The second-order valence-electron chi connectivity index (χ2n) is 9.18. The Morgan fingerprint density at radius 2 is 1.12 bits per heavy atom. The van der Waals surface area contributed by atoms with Crippen LogP contribution in [-0.2, 0) is 20.9 Å². The van der Waals surface area contributed by atoms with Gasteiger partial charge in [-0.25, -0.2) is 0 Å². The van der Waals surface area contributed by atoms with Crippen LogP contribution in [0, 0.1) is 0 Å². The Bertz CT molecular complexity index is 514. The molecule has 1 aromatic carbocycles. The van der Waals surface area contributed by atoms with E-state index in [1.54, 1.807) is 0 Å². The van der Waals surface area contributed by atoms with Crippen molar-refractivity contribution in [3.8, 4) is 0 Å². The van der Waals surface area contributed by atoms with Crippen LogP contribution in [0.2, 0.25) is 0 Å². The van der Waals surface area contributed by atoms with Crippen molar-refractivity contribution < 1.29 is 14.3 Å². The number of Topliss-reactive ketones (excluding diaryl/α,β-unsaturated/α-hetero) is 1. The highest BCUT2D eigenvalue weighted by molar-refractivity contribution is 5.79. The zero-order valence-electron chi connectivity index (χ0n) is 21.0. The summed E-state index contributed by atoms with van der Waals surface area (Å²) in [5, 5.41) is 0. The predicted octanol–water partition coefficient (Wildman–Crippen LogP) is 8.44. The fraction of sp³-hybridized carbons (Fsp3) is 0.759. The topological polar surface area (TPSA) is 35.5 Å². The molecule has 0 radical (unpaired) electrons. The van der Waals surface area contributed by atoms with Gasteiger partial charge in [0.2, 0.25) is 0 Å². The Morgan fingerprint density at radius 1 is 0.625 bits per heavy atom. The summed E-state index contributed by atoms with van der Waals surface area (Å²) in [5.74, 6) is 0.118. The SMILES string of the molecule is CCCCCCCCCCCCCCCCCCOCCC(=O)COCc1ccccc1. The van der Waals surface area contributed by atoms with E-state index >= 15 is 0 Å². The third-order valence-electron chi connectivity index (χ3n) is 6.04. The van der Waals surface area contributed by atoms with Gasteiger partial charge in [-0.1, -0.05) is 134 Å². The van der Waals surface area contributed by atoms with E-state index in [9.17, 15) is 4.79 Å². The lowest BCUT2D eigenvalue weighted by atomic mass is 10.0. The molecule has 0 atom stereocenters. The van der Waals surface area contributed by atoms with Gasteiger partial charge in [-0.3, -0.25) is 4.79 Å². The molecule has 0 aromatic heterocycles. The van der Waals surface area contributed by atoms with E-state index in [0.717, 1.165) is 18.6 Å². The molecule has 0 aliphatic carbocycles. The number of benzene rings is 1. The first-order chi connectivity index (χ1) is 15.8. The number of hydrogen-bond acceptors (Lipinski definition) is 3. The average molecular weight is 447 g/mol. The maximum absolute atomic E-state index is 11.8. The molecular formula is C29H50O3. The molecule has 0 amide bonds. The number of ketones is 1. The molecule has 0 saturated heterocycles. The number of unbranched alkanes of at least 4 members (excludes halogenated alkanes) is 15. The largest absolute Gasteiger partial charge is 0.381 e. The van der Waals surface area contributed by atoms with Crippen LogP contribution in [0.4, 0.5) is 0 Å². The molecule has 0 fully saturated rings. The lowest BCUT2D eigenvalue weighted by molar-refractivity contribution is -0.125. The zero-order chi connectivity index (χ0) is 23.0. The molecule has 0 spiro atoms. The van der Waals surface area contributed by atoms with Gasteiger partial charge in [-0.05, 0) is 12.0 Å². The van der Waals surface area contributed by atoms with Crippen molar-refractivity contribution in [3.63, 3.8) is 0 Å². The van der Waals surface area contributed by atoms with Gasteiger partial charge >= 0.3 is 0 Å². The molecule has 184 valence electrons. The summed E-state index contributed by atoms with van der Waals surface area (Å²) < 4.78 is 11.1. The highest BCUT2D eigenvalue weighted by Gasteiger charge is 2.03. The molecule has 0 N–H and O–H groups in total. The molecular weight excluding hydrogens is 396 g/mol. The fourth-order valence-electron chi connectivity index (χ4n) is 3.97. The molecule has 1 rings (SSSR count). The monoisotopic (exact) mass is 446 g/mol. The number of rotatable bonds is 24. The van der Waals surface area contributed by atoms with Crippen LogP contribution < -0.4 is 0 Å². The van der Waals surface area contributed by atoms with E-state index in [-0.39, 0.29) is 12.4 Å². The maximum atomic E-state index is 11.8. The van der Waals surface area contributed by atoms with E-state index in [4.69, 9.17) is 9.47 Å². The molecule has 0 heterocycles. The van der Waals surface area contributed by atoms with Crippen LogP contribution in [0.25, 0.3) is 0 Å². The highest BCUT2D eigenvalue weighted by atomic mass is 16.5. The van der Waals surface area contributed by atoms with Gasteiger partial charge in [0.15, 0.2) is 5.78 Å². The van der Waals surface area contributed by atoms with Crippen molar-refractivity contribution in [1.82, 2.24) is 0 Å².